The fourth-order valence-corrected chi connectivity index (χ4v) is 0.568. The molecule has 0 bridgehead atoms. The summed E-state index contributed by atoms with van der Waals surface area (Å²) < 4.78 is 0. The van der Waals surface area contributed by atoms with Crippen LogP contribution in [-0.4, -0.2) is 29.1 Å². The molecule has 0 saturated heterocycles. The van der Waals surface area contributed by atoms with Gasteiger partial charge < -0.3 is 16.2 Å². The highest BCUT2D eigenvalue weighted by molar-refractivity contribution is 5.86. The highest BCUT2D eigenvalue weighted by Gasteiger charge is 2.17. The maximum Gasteiger partial charge on any atom is 0.325 e. The molecule has 2 atom stereocenters. The number of nitrogens with one attached hydrogen (secondary N) is 1. The van der Waals surface area contributed by atoms with E-state index >= 15 is 0 Å². The van der Waals surface area contributed by atoms with E-state index in [1.807, 2.05) is 0 Å². The lowest BCUT2D eigenvalue weighted by Gasteiger charge is -2.12. The molecule has 0 aromatic rings. The van der Waals surface area contributed by atoms with Crippen LogP contribution < -0.4 is 11.1 Å². The van der Waals surface area contributed by atoms with E-state index < -0.39 is 24.0 Å². The van der Waals surface area contributed by atoms with Crippen molar-refractivity contribution in [2.24, 2.45) is 5.73 Å². The monoisotopic (exact) mass is 174 g/mol. The molecule has 5 heteroatoms. The molecule has 1 unspecified atom stereocenters. The SMILES string of the molecule is CCC(N)C(=O)N[C@H](C)C(=O)O. The molecule has 70 valence electrons. The van der Waals surface area contributed by atoms with Crippen molar-refractivity contribution in [2.45, 2.75) is 32.4 Å². The topological polar surface area (TPSA) is 92.4 Å². The first-order chi connectivity index (χ1) is 5.49. The van der Waals surface area contributed by atoms with Gasteiger partial charge in [-0.25, -0.2) is 0 Å². The first-order valence-corrected chi connectivity index (χ1v) is 3.77. The molecule has 0 spiro atoms. The Morgan fingerprint density at radius 1 is 1.58 bits per heavy atom. The normalized spacial score (nSPS) is 14.9. The van der Waals surface area contributed by atoms with Crippen LogP contribution in [0.2, 0.25) is 0 Å². The zero-order chi connectivity index (χ0) is 9.72. The Balaban J connectivity index is 3.92. The number of rotatable bonds is 4. The Kier molecular flexibility index (Phi) is 4.28. The zero-order valence-corrected chi connectivity index (χ0v) is 7.20. The van der Waals surface area contributed by atoms with Crippen LogP contribution >= 0.6 is 0 Å². The lowest BCUT2D eigenvalue weighted by atomic mass is 10.2. The number of amides is 1. The third-order valence-corrected chi connectivity index (χ3v) is 1.51. The van der Waals surface area contributed by atoms with Crippen LogP contribution in [0, 0.1) is 0 Å². The predicted octanol–water partition coefficient (Wildman–Crippen LogP) is -0.687. The van der Waals surface area contributed by atoms with Crippen molar-refractivity contribution in [3.05, 3.63) is 0 Å². The van der Waals surface area contributed by atoms with Gasteiger partial charge in [-0.15, -0.1) is 0 Å². The van der Waals surface area contributed by atoms with Gasteiger partial charge in [0.2, 0.25) is 5.91 Å². The summed E-state index contributed by atoms with van der Waals surface area (Å²) in [6.45, 7) is 3.15. The fraction of sp³-hybridized carbons (Fsp3) is 0.714. The van der Waals surface area contributed by atoms with Crippen LogP contribution in [-0.2, 0) is 9.59 Å². The summed E-state index contributed by atoms with van der Waals surface area (Å²) in [4.78, 5) is 21.3. The van der Waals surface area contributed by atoms with E-state index in [-0.39, 0.29) is 0 Å². The van der Waals surface area contributed by atoms with E-state index in [0.29, 0.717) is 6.42 Å². The average molecular weight is 174 g/mol. The number of hydrogen-bond acceptors (Lipinski definition) is 3. The van der Waals surface area contributed by atoms with Crippen LogP contribution in [0.4, 0.5) is 0 Å². The smallest absolute Gasteiger partial charge is 0.325 e. The number of nitrogens with two attached hydrogens (primary N) is 1. The number of carbonyl (C=O) groups excluding carboxylic acids is 1. The van der Waals surface area contributed by atoms with Crippen molar-refractivity contribution in [2.75, 3.05) is 0 Å². The van der Waals surface area contributed by atoms with Gasteiger partial charge >= 0.3 is 5.97 Å². The molecule has 0 aromatic carbocycles. The van der Waals surface area contributed by atoms with Gasteiger partial charge in [0.25, 0.3) is 0 Å². The summed E-state index contributed by atoms with van der Waals surface area (Å²) in [5.74, 6) is -1.49. The summed E-state index contributed by atoms with van der Waals surface area (Å²) >= 11 is 0. The maximum absolute atomic E-state index is 11.0. The Morgan fingerprint density at radius 2 is 2.08 bits per heavy atom. The lowest BCUT2D eigenvalue weighted by molar-refractivity contribution is -0.141. The third kappa shape index (κ3) is 3.34. The highest BCUT2D eigenvalue weighted by Crippen LogP contribution is 1.88. The summed E-state index contributed by atoms with van der Waals surface area (Å²) in [7, 11) is 0. The van der Waals surface area contributed by atoms with Crippen molar-refractivity contribution in [1.29, 1.82) is 0 Å². The van der Waals surface area contributed by atoms with Gasteiger partial charge in [0.1, 0.15) is 6.04 Å². The van der Waals surface area contributed by atoms with Crippen molar-refractivity contribution in [3.8, 4) is 0 Å². The summed E-state index contributed by atoms with van der Waals surface area (Å²) in [6.07, 6.45) is 0.498. The van der Waals surface area contributed by atoms with Crippen molar-refractivity contribution in [1.82, 2.24) is 5.32 Å². The minimum atomic E-state index is -1.06. The Labute approximate surface area is 70.9 Å². The molecule has 0 aliphatic carbocycles. The van der Waals surface area contributed by atoms with Gasteiger partial charge in [0.05, 0.1) is 6.04 Å². The van der Waals surface area contributed by atoms with Crippen LogP contribution in [0.15, 0.2) is 0 Å². The molecule has 0 aromatic heterocycles. The molecular formula is C7H14N2O3. The van der Waals surface area contributed by atoms with Crippen LogP contribution in [0.25, 0.3) is 0 Å². The maximum atomic E-state index is 11.0. The molecule has 0 aliphatic rings. The van der Waals surface area contributed by atoms with Crippen molar-refractivity contribution < 1.29 is 14.7 Å². The molecule has 12 heavy (non-hydrogen) atoms. The van der Waals surface area contributed by atoms with Gasteiger partial charge in [-0.2, -0.15) is 0 Å². The van der Waals surface area contributed by atoms with E-state index in [9.17, 15) is 9.59 Å². The van der Waals surface area contributed by atoms with E-state index in [1.165, 1.54) is 6.92 Å². The quantitative estimate of drug-likeness (QED) is 0.526. The summed E-state index contributed by atoms with van der Waals surface area (Å²) in [6, 6.07) is -1.50. The first kappa shape index (κ1) is 10.9. The summed E-state index contributed by atoms with van der Waals surface area (Å²) in [5.41, 5.74) is 5.36. The molecule has 0 fully saturated rings. The third-order valence-electron chi connectivity index (χ3n) is 1.51. The molecule has 0 heterocycles. The second-order valence-electron chi connectivity index (χ2n) is 2.58. The zero-order valence-electron chi connectivity index (χ0n) is 7.20. The molecule has 4 N–H and O–H groups in total. The second kappa shape index (κ2) is 4.71. The van der Waals surface area contributed by atoms with Crippen LogP contribution in [0.5, 0.6) is 0 Å². The van der Waals surface area contributed by atoms with E-state index in [2.05, 4.69) is 5.32 Å². The minimum Gasteiger partial charge on any atom is -0.480 e. The molecule has 0 aliphatic heterocycles. The molecule has 5 nitrogen and oxygen atoms in total. The lowest BCUT2D eigenvalue weighted by Crippen LogP contribution is -2.46. The average Bonchev–Trinajstić information content (AvgIpc) is 2.02. The Bertz CT molecular complexity index is 181. The predicted molar refractivity (Wildman–Crippen MR) is 43.5 cm³/mol. The standard InChI is InChI=1S/C7H14N2O3/c1-3-5(8)6(10)9-4(2)7(11)12/h4-5H,3,8H2,1-2H3,(H,9,10)(H,11,12)/t4-,5?/m1/s1. The number of hydrogen-bond donors (Lipinski definition) is 3. The number of carboxylic acids is 1. The highest BCUT2D eigenvalue weighted by atomic mass is 16.4. The number of carbonyl (C=O) groups is 2. The Morgan fingerprint density at radius 3 is 2.42 bits per heavy atom. The van der Waals surface area contributed by atoms with Gasteiger partial charge in [-0.3, -0.25) is 9.59 Å². The first-order valence-electron chi connectivity index (χ1n) is 3.77. The largest absolute Gasteiger partial charge is 0.480 e. The van der Waals surface area contributed by atoms with Gasteiger partial charge in [-0.05, 0) is 13.3 Å². The van der Waals surface area contributed by atoms with Gasteiger partial charge in [-0.1, -0.05) is 6.92 Å². The fourth-order valence-electron chi connectivity index (χ4n) is 0.568. The summed E-state index contributed by atoms with van der Waals surface area (Å²) in [5, 5.41) is 10.7. The molecular weight excluding hydrogens is 160 g/mol. The number of aliphatic carboxylic acids is 1. The van der Waals surface area contributed by atoms with E-state index in [1.54, 1.807) is 6.92 Å². The van der Waals surface area contributed by atoms with Gasteiger partial charge in [0, 0.05) is 0 Å². The molecule has 0 radical (unpaired) electrons. The van der Waals surface area contributed by atoms with Crippen molar-refractivity contribution in [3.63, 3.8) is 0 Å². The van der Waals surface area contributed by atoms with Gasteiger partial charge in [0.15, 0.2) is 0 Å². The van der Waals surface area contributed by atoms with E-state index in [0.717, 1.165) is 0 Å². The second-order valence-corrected chi connectivity index (χ2v) is 2.58. The molecule has 1 amide bonds. The van der Waals surface area contributed by atoms with Crippen LogP contribution in [0.3, 0.4) is 0 Å². The molecule has 0 saturated carbocycles. The van der Waals surface area contributed by atoms with Crippen LogP contribution in [0.1, 0.15) is 20.3 Å². The van der Waals surface area contributed by atoms with E-state index in [4.69, 9.17) is 10.8 Å². The Hall–Kier alpha value is -1.10. The minimum absolute atomic E-state index is 0.424. The number of carboxylic acid groups (broad SMARTS) is 1. The molecule has 0 rings (SSSR count). The van der Waals surface area contributed by atoms with Crippen molar-refractivity contribution >= 4 is 11.9 Å².